The summed E-state index contributed by atoms with van der Waals surface area (Å²) >= 11 is 6.04. The Morgan fingerprint density at radius 2 is 1.96 bits per heavy atom. The summed E-state index contributed by atoms with van der Waals surface area (Å²) in [5.41, 5.74) is -0.240. The van der Waals surface area contributed by atoms with Gasteiger partial charge in [0.1, 0.15) is 10.6 Å². The smallest absolute Gasteiger partial charge is 0.335 e. The van der Waals surface area contributed by atoms with Crippen LogP contribution in [0.4, 0.5) is 5.69 Å². The molecule has 0 radical (unpaired) electrons. The van der Waals surface area contributed by atoms with Crippen molar-refractivity contribution < 1.29 is 28.0 Å². The molecule has 1 N–H and O–H groups in total. The molecule has 25 heavy (non-hydrogen) atoms. The van der Waals surface area contributed by atoms with E-state index in [1.54, 1.807) is 0 Å². The van der Waals surface area contributed by atoms with Crippen LogP contribution < -0.4 is 4.74 Å². The van der Waals surface area contributed by atoms with E-state index in [1.807, 2.05) is 0 Å². The second-order valence-corrected chi connectivity index (χ2v) is 7.82. The maximum Gasteiger partial charge on any atom is 0.335 e. The molecule has 0 atom stereocenters. The van der Waals surface area contributed by atoms with Gasteiger partial charge in [-0.2, -0.15) is 0 Å². The fraction of sp³-hybridized carbons (Fsp3) is 0.133. The lowest BCUT2D eigenvalue weighted by Gasteiger charge is -2.12. The van der Waals surface area contributed by atoms with E-state index < -0.39 is 26.5 Å². The van der Waals surface area contributed by atoms with Crippen LogP contribution in [0.1, 0.15) is 21.5 Å². The van der Waals surface area contributed by atoms with Crippen LogP contribution >= 0.6 is 11.6 Å². The first kappa shape index (κ1) is 17.2. The van der Waals surface area contributed by atoms with E-state index in [2.05, 4.69) is 0 Å². The van der Waals surface area contributed by atoms with Crippen molar-refractivity contribution in [2.45, 2.75) is 17.6 Å². The van der Waals surface area contributed by atoms with Gasteiger partial charge in [0.2, 0.25) is 0 Å². The summed E-state index contributed by atoms with van der Waals surface area (Å²) in [6.07, 6.45) is 0. The van der Waals surface area contributed by atoms with Crippen LogP contribution in [0, 0.1) is 17.0 Å². The average Bonchev–Trinajstić information content (AvgIpc) is 2.61. The summed E-state index contributed by atoms with van der Waals surface area (Å²) in [6, 6.07) is 4.44. The topological polar surface area (TPSA) is 124 Å². The summed E-state index contributed by atoms with van der Waals surface area (Å²) in [5, 5.41) is 20.0. The normalized spacial score (nSPS) is 14.6. The van der Waals surface area contributed by atoms with Crippen LogP contribution in [-0.2, 0) is 15.6 Å². The van der Waals surface area contributed by atoms with Gasteiger partial charge in [0.15, 0.2) is 15.6 Å². The number of carbonyl (C=O) groups is 1. The minimum atomic E-state index is -4.00. The fourth-order valence-electron chi connectivity index (χ4n) is 2.57. The number of rotatable bonds is 2. The first-order valence-electron chi connectivity index (χ1n) is 6.85. The Morgan fingerprint density at radius 1 is 1.28 bits per heavy atom. The van der Waals surface area contributed by atoms with Gasteiger partial charge in [0, 0.05) is 17.7 Å². The lowest BCUT2D eigenvalue weighted by molar-refractivity contribution is -0.384. The van der Waals surface area contributed by atoms with Gasteiger partial charge in [-0.1, -0.05) is 11.6 Å². The molecule has 1 aliphatic rings. The number of sulfone groups is 1. The van der Waals surface area contributed by atoms with E-state index in [0.717, 1.165) is 18.2 Å². The van der Waals surface area contributed by atoms with Gasteiger partial charge in [0.05, 0.1) is 21.3 Å². The van der Waals surface area contributed by atoms with Gasteiger partial charge in [-0.25, -0.2) is 13.2 Å². The number of carboxylic acid groups (broad SMARTS) is 1. The number of aromatic carboxylic acids is 1. The van der Waals surface area contributed by atoms with Crippen molar-refractivity contribution in [3.63, 3.8) is 0 Å². The summed E-state index contributed by atoms with van der Waals surface area (Å²) in [4.78, 5) is 21.2. The molecular weight excluding hydrogens is 374 g/mol. The Bertz CT molecular complexity index is 1050. The predicted molar refractivity (Wildman–Crippen MR) is 87.2 cm³/mol. The van der Waals surface area contributed by atoms with E-state index >= 15 is 0 Å². The molecule has 0 saturated carbocycles. The van der Waals surface area contributed by atoms with Crippen molar-refractivity contribution >= 4 is 33.1 Å². The monoisotopic (exact) mass is 383 g/mol. The zero-order chi connectivity index (χ0) is 18.5. The number of carboxylic acids is 1. The molecule has 0 unspecified atom stereocenters. The third kappa shape index (κ3) is 2.92. The highest BCUT2D eigenvalue weighted by Gasteiger charge is 2.32. The number of benzene rings is 2. The van der Waals surface area contributed by atoms with E-state index in [-0.39, 0.29) is 38.2 Å². The Kier molecular flexibility index (Phi) is 3.92. The molecule has 0 spiro atoms. The van der Waals surface area contributed by atoms with Crippen LogP contribution in [0.5, 0.6) is 11.5 Å². The Morgan fingerprint density at radius 3 is 2.56 bits per heavy atom. The first-order valence-corrected chi connectivity index (χ1v) is 8.88. The number of fused-ring (bicyclic) bond motifs is 2. The predicted octanol–water partition coefficient (Wildman–Crippen LogP) is 3.33. The van der Waals surface area contributed by atoms with Crippen molar-refractivity contribution in [2.75, 3.05) is 0 Å². The number of ether oxygens (including phenoxy) is 1. The van der Waals surface area contributed by atoms with Crippen molar-refractivity contribution in [1.82, 2.24) is 0 Å². The molecule has 8 nitrogen and oxygen atoms in total. The third-order valence-electron chi connectivity index (χ3n) is 3.69. The standard InChI is InChI=1S/C15H10ClNO7S/c1-7-2-8(15(18)19)4-12-13(7)24-14-9(6-25(12,22)23)3-10(17(20)21)5-11(14)16/h2-5H,6H2,1H3,(H,18,19). The minimum Gasteiger partial charge on any atom is -0.478 e. The van der Waals surface area contributed by atoms with E-state index in [1.165, 1.54) is 13.0 Å². The molecular formula is C15H10ClNO7S. The maximum absolute atomic E-state index is 12.7. The largest absolute Gasteiger partial charge is 0.478 e. The van der Waals surface area contributed by atoms with Crippen LogP contribution in [-0.4, -0.2) is 24.4 Å². The molecule has 2 aromatic rings. The highest BCUT2D eigenvalue weighted by molar-refractivity contribution is 7.90. The van der Waals surface area contributed by atoms with Gasteiger partial charge in [-0.3, -0.25) is 10.1 Å². The lowest BCUT2D eigenvalue weighted by Crippen LogP contribution is -2.07. The van der Waals surface area contributed by atoms with Crippen LogP contribution in [0.2, 0.25) is 5.02 Å². The molecule has 2 aromatic carbocycles. The summed E-state index contributed by atoms with van der Waals surface area (Å²) in [7, 11) is -4.00. The van der Waals surface area contributed by atoms with Gasteiger partial charge in [-0.15, -0.1) is 0 Å². The fourth-order valence-corrected chi connectivity index (χ4v) is 4.42. The number of nitro benzene ring substituents is 1. The molecule has 0 aliphatic carbocycles. The first-order chi connectivity index (χ1) is 11.6. The molecule has 0 fully saturated rings. The summed E-state index contributed by atoms with van der Waals surface area (Å²) in [6.45, 7) is 1.51. The quantitative estimate of drug-likeness (QED) is 0.622. The van der Waals surface area contributed by atoms with E-state index in [0.29, 0.717) is 5.56 Å². The second-order valence-electron chi connectivity index (χ2n) is 5.46. The number of halogens is 1. The van der Waals surface area contributed by atoms with Crippen molar-refractivity contribution in [3.8, 4) is 11.5 Å². The van der Waals surface area contributed by atoms with Crippen LogP contribution in [0.3, 0.4) is 0 Å². The van der Waals surface area contributed by atoms with Crippen molar-refractivity contribution in [3.05, 3.63) is 56.1 Å². The third-order valence-corrected chi connectivity index (χ3v) is 5.63. The Hall–Kier alpha value is -2.65. The number of nitro groups is 1. The maximum atomic E-state index is 12.7. The Balaban J connectivity index is 2.30. The zero-order valence-corrected chi connectivity index (χ0v) is 14.2. The second kappa shape index (κ2) is 5.71. The number of aryl methyl sites for hydroxylation is 1. The molecule has 1 aliphatic heterocycles. The molecule has 0 aromatic heterocycles. The van der Waals surface area contributed by atoms with Crippen molar-refractivity contribution in [1.29, 1.82) is 0 Å². The number of hydrogen-bond donors (Lipinski definition) is 1. The van der Waals surface area contributed by atoms with Gasteiger partial charge >= 0.3 is 5.97 Å². The van der Waals surface area contributed by atoms with Gasteiger partial charge < -0.3 is 9.84 Å². The zero-order valence-electron chi connectivity index (χ0n) is 12.6. The molecule has 0 bridgehead atoms. The summed E-state index contributed by atoms with van der Waals surface area (Å²) < 4.78 is 31.0. The highest BCUT2D eigenvalue weighted by atomic mass is 35.5. The molecule has 1 heterocycles. The molecule has 10 heteroatoms. The van der Waals surface area contributed by atoms with E-state index in [4.69, 9.17) is 21.4 Å². The summed E-state index contributed by atoms with van der Waals surface area (Å²) in [5.74, 6) is -1.92. The van der Waals surface area contributed by atoms with E-state index in [9.17, 15) is 23.3 Å². The SMILES string of the molecule is Cc1cc(C(=O)O)cc2c1Oc1c(Cl)cc([N+](=O)[O-])cc1CS2(=O)=O. The number of hydrogen-bond acceptors (Lipinski definition) is 6. The average molecular weight is 384 g/mol. The van der Waals surface area contributed by atoms with Crippen molar-refractivity contribution in [2.24, 2.45) is 0 Å². The Labute approximate surface area is 146 Å². The molecule has 130 valence electrons. The molecule has 3 rings (SSSR count). The molecule has 0 amide bonds. The van der Waals surface area contributed by atoms with Gasteiger partial charge in [-0.05, 0) is 24.6 Å². The number of nitrogens with zero attached hydrogens (tertiary/aromatic N) is 1. The van der Waals surface area contributed by atoms with Crippen LogP contribution in [0.25, 0.3) is 0 Å². The minimum absolute atomic E-state index is 0.000710. The van der Waals surface area contributed by atoms with Crippen LogP contribution in [0.15, 0.2) is 29.2 Å². The van der Waals surface area contributed by atoms with Gasteiger partial charge in [0.25, 0.3) is 5.69 Å². The number of non-ortho nitro benzene ring substituents is 1. The molecule has 0 saturated heterocycles. The highest BCUT2D eigenvalue weighted by Crippen LogP contribution is 2.44. The lowest BCUT2D eigenvalue weighted by atomic mass is 10.1.